The molecule has 0 spiro atoms. The molecule has 0 N–H and O–H groups in total. The molecule has 0 unspecified atom stereocenters. The van der Waals surface area contributed by atoms with E-state index in [9.17, 15) is 5.48 Å². The molecule has 5 nitrogen and oxygen atoms in total. The zero-order valence-electron chi connectivity index (χ0n) is 40.1. The van der Waals surface area contributed by atoms with Gasteiger partial charge in [0.2, 0.25) is 5.95 Å². The smallest absolute Gasteiger partial charge is 0.238 e. The summed E-state index contributed by atoms with van der Waals surface area (Å²) in [6.07, 6.45) is 0. The number of fused-ring (bicyclic) bond motifs is 10. The molecule has 9 aromatic rings. The van der Waals surface area contributed by atoms with Gasteiger partial charge in [-0.25, -0.2) is 4.98 Å². The van der Waals surface area contributed by atoms with Gasteiger partial charge in [-0.3, -0.25) is 4.57 Å². The van der Waals surface area contributed by atoms with E-state index in [4.69, 9.17) is 35.8 Å². The van der Waals surface area contributed by atoms with Gasteiger partial charge in [0.05, 0.1) is 24.7 Å². The Morgan fingerprint density at radius 3 is 2.30 bits per heavy atom. The molecule has 1 aliphatic carbocycles. The van der Waals surface area contributed by atoms with Gasteiger partial charge in [0.1, 0.15) is 11.2 Å². The Kier molecular flexibility index (Phi) is 3.03. The van der Waals surface area contributed by atoms with E-state index < -0.39 is 102 Å². The number of nitrogens with zero attached hydrogens (tertiary/aromatic N) is 4. The number of furan rings is 1. The Morgan fingerprint density at radius 1 is 0.638 bits per heavy atom. The van der Waals surface area contributed by atoms with Crippen LogP contribution >= 0.6 is 0 Å². The van der Waals surface area contributed by atoms with Crippen molar-refractivity contribution in [3.63, 3.8) is 0 Å². The molecule has 1 aliphatic rings. The van der Waals surface area contributed by atoms with E-state index in [2.05, 4.69) is 0 Å². The molecule has 3 aromatic heterocycles. The maximum Gasteiger partial charge on any atom is 0.238 e. The Bertz CT molecular complexity index is 3490. The largest absolute Gasteiger partial charge is 0.456 e. The summed E-state index contributed by atoms with van der Waals surface area (Å²) >= 11 is 0. The summed E-state index contributed by atoms with van der Waals surface area (Å²) in [6.45, 7) is -7.30. The SMILES string of the molecule is [2H]c1c([2H])c([2H])c2c(c1[2H])-c1c(c([2H])c([2H])c3c4c([2H])c([2H])c([2H])c([2H])c4n(-c4nc(-c5ccccc5)nc(-c5ccc6c(c5)oc5ccccc56)n4)c13)C2(C([2H])([2H])[2H])C([2H])([2H])[2H]. The summed E-state index contributed by atoms with van der Waals surface area (Å²) in [5.41, 5.74) is -4.81. The van der Waals surface area contributed by atoms with Gasteiger partial charge in [0.25, 0.3) is 0 Å². The minimum atomic E-state index is -3.65. The lowest BCUT2D eigenvalue weighted by molar-refractivity contribution is 0.660. The first-order chi connectivity index (χ1) is 29.7. The van der Waals surface area contributed by atoms with Crippen LogP contribution in [0.5, 0.6) is 0 Å². The summed E-state index contributed by atoms with van der Waals surface area (Å²) in [6, 6.07) is 13.2. The van der Waals surface area contributed by atoms with E-state index in [1.54, 1.807) is 42.5 Å². The fraction of sp³-hybridized carbons (Fsp3) is 0.0714. The molecule has 0 amide bonds. The molecule has 0 bridgehead atoms. The quantitative estimate of drug-likeness (QED) is 0.197. The summed E-state index contributed by atoms with van der Waals surface area (Å²) in [5, 5.41) is 0.965. The number of rotatable bonds is 3. The molecule has 0 radical (unpaired) electrons. The molecular formula is C42H28N4O. The van der Waals surface area contributed by atoms with Crippen LogP contribution in [0.25, 0.3) is 83.6 Å². The summed E-state index contributed by atoms with van der Waals surface area (Å²) in [7, 11) is 0. The number of aromatic nitrogens is 4. The molecule has 10 rings (SSSR count). The van der Waals surface area contributed by atoms with Crippen molar-refractivity contribution >= 4 is 43.7 Å². The number of benzene rings is 6. The molecule has 47 heavy (non-hydrogen) atoms. The fourth-order valence-corrected chi connectivity index (χ4v) is 6.47. The third kappa shape index (κ3) is 3.68. The Morgan fingerprint density at radius 2 is 1.40 bits per heavy atom. The first kappa shape index (κ1) is 15.0. The minimum absolute atomic E-state index is 0.0264. The van der Waals surface area contributed by atoms with Gasteiger partial charge >= 0.3 is 0 Å². The molecule has 3 heterocycles. The maximum atomic E-state index is 9.51. The third-order valence-electron chi connectivity index (χ3n) is 8.58. The number of para-hydroxylation sites is 2. The maximum absolute atomic E-state index is 9.51. The molecule has 222 valence electrons. The van der Waals surface area contributed by atoms with Crippen molar-refractivity contribution in [3.8, 4) is 39.9 Å². The lowest BCUT2D eigenvalue weighted by atomic mass is 9.82. The van der Waals surface area contributed by atoms with E-state index in [-0.39, 0.29) is 39.4 Å². The van der Waals surface area contributed by atoms with Gasteiger partial charge in [-0.15, -0.1) is 0 Å². The lowest BCUT2D eigenvalue weighted by Crippen LogP contribution is -2.14. The number of hydrogen-bond acceptors (Lipinski definition) is 4. The number of hydrogen-bond donors (Lipinski definition) is 0. The van der Waals surface area contributed by atoms with Crippen LogP contribution in [0.4, 0.5) is 0 Å². The molecule has 0 saturated heterocycles. The summed E-state index contributed by atoms with van der Waals surface area (Å²) in [4.78, 5) is 14.5. The molecule has 5 heteroatoms. The standard InChI is InChI=1S/C42H28N4O/c1-42(2)32-17-9-6-16-31(32)37-33(42)23-22-30-27-14-7-10-18-34(27)46(38(30)37)41-44-39(25-12-4-3-5-13-25)43-40(45-41)26-20-21-29-28-15-8-11-19-35(28)47-36(29)24-26/h3-24H,1-2H3/i1D3,2D3,6D,7D,9D,10D,14D,16D,17D,18D,22D,23D. The van der Waals surface area contributed by atoms with Crippen LogP contribution in [0.15, 0.2) is 138 Å². The third-order valence-corrected chi connectivity index (χ3v) is 8.58. The molecular weight excluding hydrogens is 576 g/mol. The van der Waals surface area contributed by atoms with E-state index >= 15 is 0 Å². The lowest BCUT2D eigenvalue weighted by Gasteiger charge is -2.21. The second-order valence-corrected chi connectivity index (χ2v) is 11.2. The fourth-order valence-electron chi connectivity index (χ4n) is 6.47. The Balaban J connectivity index is 1.46. The minimum Gasteiger partial charge on any atom is -0.456 e. The van der Waals surface area contributed by atoms with Crippen molar-refractivity contribution in [2.75, 3.05) is 0 Å². The van der Waals surface area contributed by atoms with E-state index in [0.29, 0.717) is 22.3 Å². The van der Waals surface area contributed by atoms with Crippen molar-refractivity contribution in [1.29, 1.82) is 0 Å². The second kappa shape index (κ2) is 9.47. The van der Waals surface area contributed by atoms with Crippen molar-refractivity contribution in [2.45, 2.75) is 19.1 Å². The molecule has 0 aliphatic heterocycles. The van der Waals surface area contributed by atoms with Crippen LogP contribution in [0.3, 0.4) is 0 Å². The van der Waals surface area contributed by atoms with E-state index in [0.717, 1.165) is 15.3 Å². The van der Waals surface area contributed by atoms with Gasteiger partial charge in [-0.2, -0.15) is 9.97 Å². The summed E-state index contributed by atoms with van der Waals surface area (Å²) < 4.78 is 151. The predicted molar refractivity (Wildman–Crippen MR) is 190 cm³/mol. The van der Waals surface area contributed by atoms with E-state index in [1.165, 1.54) is 0 Å². The van der Waals surface area contributed by atoms with Crippen LogP contribution in [0, 0.1) is 0 Å². The monoisotopic (exact) mass is 620 g/mol. The van der Waals surface area contributed by atoms with Crippen molar-refractivity contribution in [2.24, 2.45) is 0 Å². The zero-order valence-corrected chi connectivity index (χ0v) is 24.1. The Labute approximate surface area is 293 Å². The molecule has 0 atom stereocenters. The second-order valence-electron chi connectivity index (χ2n) is 11.2. The first-order valence-corrected chi connectivity index (χ1v) is 14.6. The van der Waals surface area contributed by atoms with Crippen LogP contribution in [0.2, 0.25) is 0 Å². The van der Waals surface area contributed by atoms with E-state index in [1.807, 2.05) is 30.3 Å². The molecule has 0 fully saturated rings. The van der Waals surface area contributed by atoms with Crippen LogP contribution in [0.1, 0.15) is 46.8 Å². The highest BCUT2D eigenvalue weighted by atomic mass is 16.3. The van der Waals surface area contributed by atoms with Gasteiger partial charge < -0.3 is 4.42 Å². The molecule has 6 aromatic carbocycles. The highest BCUT2D eigenvalue weighted by molar-refractivity contribution is 6.15. The van der Waals surface area contributed by atoms with Crippen LogP contribution in [-0.2, 0) is 5.41 Å². The van der Waals surface area contributed by atoms with Crippen molar-refractivity contribution in [1.82, 2.24) is 19.5 Å². The summed E-state index contributed by atoms with van der Waals surface area (Å²) in [5.74, 6) is -0.272. The van der Waals surface area contributed by atoms with Gasteiger partial charge in [-0.05, 0) is 40.9 Å². The van der Waals surface area contributed by atoms with Crippen molar-refractivity contribution in [3.05, 3.63) is 144 Å². The first-order valence-electron chi connectivity index (χ1n) is 22.6. The topological polar surface area (TPSA) is 56.7 Å². The van der Waals surface area contributed by atoms with Crippen LogP contribution < -0.4 is 0 Å². The zero-order chi connectivity index (χ0) is 45.0. The average Bonchev–Trinajstić information content (AvgIpc) is 3.92. The highest BCUT2D eigenvalue weighted by Gasteiger charge is 2.37. The Hall–Kier alpha value is -6.07. The van der Waals surface area contributed by atoms with Crippen LogP contribution in [-0.4, -0.2) is 19.5 Å². The van der Waals surface area contributed by atoms with Gasteiger partial charge in [-0.1, -0.05) is 123 Å². The van der Waals surface area contributed by atoms with Gasteiger partial charge in [0, 0.05) is 51.9 Å². The normalized spacial score (nSPS) is 18.9. The van der Waals surface area contributed by atoms with Crippen molar-refractivity contribution < 1.29 is 26.3 Å². The molecule has 0 saturated carbocycles. The van der Waals surface area contributed by atoms with Gasteiger partial charge in [0.15, 0.2) is 11.6 Å². The average molecular weight is 621 g/mol. The predicted octanol–water partition coefficient (Wildman–Crippen LogP) is 10.5. The highest BCUT2D eigenvalue weighted by Crippen LogP contribution is 2.52.